The average Bonchev–Trinajstić information content (AvgIpc) is 2.39. The van der Waals surface area contributed by atoms with E-state index in [1.165, 1.54) is 25.7 Å². The van der Waals surface area contributed by atoms with E-state index in [2.05, 4.69) is 6.92 Å². The first-order chi connectivity index (χ1) is 9.73. The molecule has 0 aliphatic heterocycles. The molecule has 0 unspecified atom stereocenters. The number of alkyl halides is 5. The molecule has 1 nitrogen and oxygen atoms in total. The maximum absolute atomic E-state index is 12.6. The third kappa shape index (κ3) is 8.37. The predicted octanol–water partition coefficient (Wildman–Crippen LogP) is 6.06. The van der Waals surface area contributed by atoms with Gasteiger partial charge in [0.15, 0.2) is 0 Å². The number of unbranched alkanes of at least 4 members (excludes halogenated alkanes) is 9. The average molecular weight is 316 g/mol. The van der Waals surface area contributed by atoms with Gasteiger partial charge in [-0.15, -0.1) is 0 Å². The van der Waals surface area contributed by atoms with Crippen molar-refractivity contribution in [1.82, 2.24) is 0 Å². The Morgan fingerprint density at radius 3 is 1.48 bits per heavy atom. The quantitative estimate of drug-likeness (QED) is 0.316. The summed E-state index contributed by atoms with van der Waals surface area (Å²) in [6.45, 7) is 2.14. The Kier molecular flexibility index (Phi) is 9.79. The molecular weight excluding hydrogens is 291 g/mol. The van der Waals surface area contributed by atoms with Crippen molar-refractivity contribution in [3.8, 4) is 0 Å². The maximum atomic E-state index is 12.6. The summed E-state index contributed by atoms with van der Waals surface area (Å²) in [4.78, 5) is 10.9. The topological polar surface area (TPSA) is 17.1 Å². The van der Waals surface area contributed by atoms with Gasteiger partial charge in [-0.2, -0.15) is 22.0 Å². The molecule has 0 aromatic carbocycles. The maximum Gasteiger partial charge on any atom is 0.461 e. The molecule has 0 saturated carbocycles. The lowest BCUT2D eigenvalue weighted by Crippen LogP contribution is -2.43. The Morgan fingerprint density at radius 1 is 0.714 bits per heavy atom. The first-order valence-electron chi connectivity index (χ1n) is 7.71. The zero-order valence-corrected chi connectivity index (χ0v) is 12.6. The zero-order chi connectivity index (χ0) is 16.4. The number of ketones is 1. The highest BCUT2D eigenvalue weighted by Crippen LogP contribution is 2.37. The van der Waals surface area contributed by atoms with Crippen LogP contribution in [0.1, 0.15) is 77.6 Å². The number of Topliss-reactive ketones (excluding diaryl/α,β-unsaturated/α-hetero) is 1. The number of carbonyl (C=O) groups is 1. The molecule has 0 N–H and O–H groups in total. The number of rotatable bonds is 12. The molecule has 0 radical (unpaired) electrons. The molecule has 0 spiro atoms. The van der Waals surface area contributed by atoms with E-state index in [0.717, 1.165) is 25.7 Å². The Morgan fingerprint density at radius 2 is 1.10 bits per heavy atom. The molecule has 0 aliphatic carbocycles. The van der Waals surface area contributed by atoms with Crippen LogP contribution in [-0.4, -0.2) is 17.9 Å². The van der Waals surface area contributed by atoms with Crippen LogP contribution < -0.4 is 0 Å². The number of hydrogen-bond donors (Lipinski definition) is 0. The van der Waals surface area contributed by atoms with Crippen molar-refractivity contribution in [2.75, 3.05) is 0 Å². The molecule has 21 heavy (non-hydrogen) atoms. The molecule has 0 fully saturated rings. The van der Waals surface area contributed by atoms with E-state index in [0.29, 0.717) is 6.42 Å². The van der Waals surface area contributed by atoms with Crippen molar-refractivity contribution in [1.29, 1.82) is 0 Å². The summed E-state index contributed by atoms with van der Waals surface area (Å²) in [6, 6.07) is 0. The van der Waals surface area contributed by atoms with Crippen LogP contribution in [0.4, 0.5) is 22.0 Å². The van der Waals surface area contributed by atoms with Crippen molar-refractivity contribution >= 4 is 5.78 Å². The highest BCUT2D eigenvalue weighted by atomic mass is 19.4. The van der Waals surface area contributed by atoms with Gasteiger partial charge in [-0.1, -0.05) is 64.7 Å². The van der Waals surface area contributed by atoms with Crippen LogP contribution in [0.2, 0.25) is 0 Å². The molecule has 0 saturated heterocycles. The van der Waals surface area contributed by atoms with Gasteiger partial charge in [0.2, 0.25) is 5.78 Å². The van der Waals surface area contributed by atoms with Gasteiger partial charge < -0.3 is 0 Å². The SMILES string of the molecule is CCCCCCCCCCCCC(=O)C(F)(F)C(F)(F)F. The summed E-state index contributed by atoms with van der Waals surface area (Å²) >= 11 is 0. The molecule has 0 amide bonds. The van der Waals surface area contributed by atoms with Crippen molar-refractivity contribution in [3.05, 3.63) is 0 Å². The Balaban J connectivity index is 3.57. The summed E-state index contributed by atoms with van der Waals surface area (Å²) in [5.74, 6) is -7.22. The zero-order valence-electron chi connectivity index (χ0n) is 12.6. The minimum absolute atomic E-state index is 0.0976. The molecule has 0 rings (SSSR count). The summed E-state index contributed by atoms with van der Waals surface area (Å²) in [6.07, 6.45) is 2.87. The fourth-order valence-electron chi connectivity index (χ4n) is 2.09. The molecule has 0 aromatic heterocycles. The van der Waals surface area contributed by atoms with Gasteiger partial charge in [0.25, 0.3) is 0 Å². The van der Waals surface area contributed by atoms with Crippen LogP contribution >= 0.6 is 0 Å². The van der Waals surface area contributed by atoms with Gasteiger partial charge >= 0.3 is 12.1 Å². The first-order valence-corrected chi connectivity index (χ1v) is 7.71. The standard InChI is InChI=1S/C15H25F5O/c1-2-3-4-5-6-7-8-9-10-11-12-13(21)14(16,17)15(18,19)20/h2-12H2,1H3. The molecule has 126 valence electrons. The van der Waals surface area contributed by atoms with Crippen LogP contribution in [0.25, 0.3) is 0 Å². The van der Waals surface area contributed by atoms with Crippen molar-refractivity contribution in [2.45, 2.75) is 89.7 Å². The van der Waals surface area contributed by atoms with E-state index < -0.39 is 24.3 Å². The molecule has 0 atom stereocenters. The lowest BCUT2D eigenvalue weighted by Gasteiger charge is -2.17. The van der Waals surface area contributed by atoms with Crippen molar-refractivity contribution < 1.29 is 26.7 Å². The third-order valence-corrected chi connectivity index (χ3v) is 3.46. The van der Waals surface area contributed by atoms with Crippen LogP contribution in [0.5, 0.6) is 0 Å². The van der Waals surface area contributed by atoms with Gasteiger partial charge in [0.05, 0.1) is 0 Å². The largest absolute Gasteiger partial charge is 0.461 e. The highest BCUT2D eigenvalue weighted by Gasteiger charge is 2.62. The van der Waals surface area contributed by atoms with E-state index >= 15 is 0 Å². The predicted molar refractivity (Wildman–Crippen MR) is 72.5 cm³/mol. The minimum atomic E-state index is -5.78. The number of hydrogen-bond acceptors (Lipinski definition) is 1. The minimum Gasteiger partial charge on any atom is -0.293 e. The second kappa shape index (κ2) is 10.1. The molecule has 0 aliphatic rings. The van der Waals surface area contributed by atoms with Gasteiger partial charge in [-0.05, 0) is 6.42 Å². The Bertz CT molecular complexity index is 286. The van der Waals surface area contributed by atoms with E-state index in [-0.39, 0.29) is 6.42 Å². The Hall–Kier alpha value is -0.680. The molecule has 0 aromatic rings. The lowest BCUT2D eigenvalue weighted by atomic mass is 10.0. The van der Waals surface area contributed by atoms with Gasteiger partial charge in [0.1, 0.15) is 0 Å². The van der Waals surface area contributed by atoms with E-state index in [1.54, 1.807) is 0 Å². The van der Waals surface area contributed by atoms with Gasteiger partial charge in [-0.3, -0.25) is 4.79 Å². The fraction of sp³-hybridized carbons (Fsp3) is 0.933. The number of halogens is 5. The van der Waals surface area contributed by atoms with Gasteiger partial charge in [0, 0.05) is 6.42 Å². The van der Waals surface area contributed by atoms with Crippen LogP contribution in [-0.2, 0) is 4.79 Å². The van der Waals surface area contributed by atoms with Crippen molar-refractivity contribution in [2.24, 2.45) is 0 Å². The van der Waals surface area contributed by atoms with Crippen molar-refractivity contribution in [3.63, 3.8) is 0 Å². The summed E-state index contributed by atoms with van der Waals surface area (Å²) in [5.41, 5.74) is 0. The summed E-state index contributed by atoms with van der Waals surface area (Å²) in [5, 5.41) is 0. The number of carbonyl (C=O) groups excluding carboxylic acids is 1. The highest BCUT2D eigenvalue weighted by molar-refractivity contribution is 5.86. The Labute approximate surface area is 123 Å². The summed E-state index contributed by atoms with van der Waals surface area (Å²) in [7, 11) is 0. The smallest absolute Gasteiger partial charge is 0.293 e. The molecule has 6 heteroatoms. The van der Waals surface area contributed by atoms with E-state index in [4.69, 9.17) is 0 Å². The third-order valence-electron chi connectivity index (χ3n) is 3.46. The first kappa shape index (κ1) is 20.3. The second-order valence-electron chi connectivity index (χ2n) is 5.43. The molecule has 0 bridgehead atoms. The lowest BCUT2D eigenvalue weighted by molar-refractivity contribution is -0.268. The van der Waals surface area contributed by atoms with E-state index in [1.807, 2.05) is 0 Å². The summed E-state index contributed by atoms with van der Waals surface area (Å²) < 4.78 is 61.0. The van der Waals surface area contributed by atoms with Crippen LogP contribution in [0.15, 0.2) is 0 Å². The normalized spacial score (nSPS) is 12.7. The molecule has 0 heterocycles. The van der Waals surface area contributed by atoms with Crippen LogP contribution in [0, 0.1) is 0 Å². The second-order valence-corrected chi connectivity index (χ2v) is 5.43. The monoisotopic (exact) mass is 316 g/mol. The van der Waals surface area contributed by atoms with Crippen LogP contribution in [0.3, 0.4) is 0 Å². The molecular formula is C15H25F5O. The fourth-order valence-corrected chi connectivity index (χ4v) is 2.09. The van der Waals surface area contributed by atoms with Gasteiger partial charge in [-0.25, -0.2) is 0 Å². The van der Waals surface area contributed by atoms with E-state index in [9.17, 15) is 26.7 Å².